The molecule has 6 nitrogen and oxygen atoms in total. The van der Waals surface area contributed by atoms with Crippen molar-refractivity contribution in [1.29, 1.82) is 0 Å². The average Bonchev–Trinajstić information content (AvgIpc) is 3.29. The zero-order valence-corrected chi connectivity index (χ0v) is 15.1. The summed E-state index contributed by atoms with van der Waals surface area (Å²) in [5.74, 6) is -0.906. The molecule has 0 radical (unpaired) electrons. The van der Waals surface area contributed by atoms with Gasteiger partial charge in [0.1, 0.15) is 5.75 Å². The Morgan fingerprint density at radius 3 is 2.67 bits per heavy atom. The highest BCUT2D eigenvalue weighted by molar-refractivity contribution is 6.26. The van der Waals surface area contributed by atoms with E-state index in [9.17, 15) is 9.59 Å². The molecule has 0 aromatic heterocycles. The summed E-state index contributed by atoms with van der Waals surface area (Å²) in [6.45, 7) is 9.44. The average molecular weight is 362 g/mol. The zero-order chi connectivity index (χ0) is 18.9. The summed E-state index contributed by atoms with van der Waals surface area (Å²) < 4.78 is 11.4. The number of fused-ring (bicyclic) bond motifs is 6. The number of ether oxygens (including phenoxy) is 2. The number of imide groups is 1. The molecule has 2 aromatic rings. The summed E-state index contributed by atoms with van der Waals surface area (Å²) in [6, 6.07) is 8.95. The summed E-state index contributed by atoms with van der Waals surface area (Å²) in [5.41, 5.74) is 0.307. The van der Waals surface area contributed by atoms with Crippen molar-refractivity contribution >= 4 is 34.0 Å². The molecule has 2 bridgehead atoms. The Morgan fingerprint density at radius 2 is 2.00 bits per heavy atom. The zero-order valence-electron chi connectivity index (χ0n) is 15.1. The Bertz CT molecular complexity index is 1060. The first-order valence-electron chi connectivity index (χ1n) is 9.03. The van der Waals surface area contributed by atoms with Crippen LogP contribution in [-0.4, -0.2) is 30.6 Å². The molecular formula is C21H18N2O4. The summed E-state index contributed by atoms with van der Waals surface area (Å²) in [4.78, 5) is 31.5. The Hall–Kier alpha value is -2.91. The Balaban J connectivity index is 1.72. The fourth-order valence-electron chi connectivity index (χ4n) is 5.09. The number of rotatable bonds is 2. The quantitative estimate of drug-likeness (QED) is 0.606. The van der Waals surface area contributed by atoms with Crippen LogP contribution in [0, 0.1) is 18.4 Å². The molecule has 2 amide bonds. The minimum Gasteiger partial charge on any atom is -0.508 e. The molecule has 2 aromatic carbocycles. The van der Waals surface area contributed by atoms with Gasteiger partial charge in [0.2, 0.25) is 17.5 Å². The third-order valence-electron chi connectivity index (χ3n) is 6.29. The molecule has 0 N–H and O–H groups in total. The fraction of sp³-hybridized carbons (Fsp3) is 0.381. The molecule has 136 valence electrons. The lowest BCUT2D eigenvalue weighted by Gasteiger charge is -2.26. The largest absolute Gasteiger partial charge is 0.508 e. The van der Waals surface area contributed by atoms with Gasteiger partial charge in [-0.25, -0.2) is 9.74 Å². The SMILES string of the molecule is [C-]#[N+]c1c(OC)cc(N2C(=O)C3[C@H](C2=O)C2CCC3(C)O2)c2ccccc12. The van der Waals surface area contributed by atoms with Gasteiger partial charge in [-0.1, -0.05) is 24.3 Å². The van der Waals surface area contributed by atoms with Crippen LogP contribution in [0.2, 0.25) is 0 Å². The van der Waals surface area contributed by atoms with Gasteiger partial charge in [-0.05, 0) is 36.6 Å². The van der Waals surface area contributed by atoms with Crippen LogP contribution in [0.15, 0.2) is 30.3 Å². The first-order chi connectivity index (χ1) is 13.0. The number of hydrogen-bond acceptors (Lipinski definition) is 4. The van der Waals surface area contributed by atoms with E-state index < -0.39 is 17.4 Å². The molecule has 0 spiro atoms. The molecular weight excluding hydrogens is 344 g/mol. The Labute approximate surface area is 156 Å². The number of carbonyl (C=O) groups is 2. The van der Waals surface area contributed by atoms with Gasteiger partial charge in [0.15, 0.2) is 0 Å². The van der Waals surface area contributed by atoms with Gasteiger partial charge in [-0.15, -0.1) is 0 Å². The molecule has 5 rings (SSSR count). The standard InChI is InChI=1S/C21H18N2O4/c1-21-9-8-14(27-21)16-17(21)20(25)23(19(16)24)13-10-15(26-3)18(22-2)12-7-5-4-6-11(12)13/h4-7,10,14,16-17H,8-9H2,1,3H3/t14?,16-,17?,21?/m1/s1. The lowest BCUT2D eigenvalue weighted by Crippen LogP contribution is -2.39. The van der Waals surface area contributed by atoms with Crippen molar-refractivity contribution in [3.05, 3.63) is 41.7 Å². The topological polar surface area (TPSA) is 60.2 Å². The van der Waals surface area contributed by atoms with Crippen molar-refractivity contribution in [2.24, 2.45) is 11.8 Å². The molecule has 0 saturated carbocycles. The molecule has 3 fully saturated rings. The van der Waals surface area contributed by atoms with Gasteiger partial charge < -0.3 is 9.47 Å². The van der Waals surface area contributed by atoms with E-state index in [1.165, 1.54) is 12.0 Å². The van der Waals surface area contributed by atoms with E-state index in [0.29, 0.717) is 27.9 Å². The lowest BCUT2D eigenvalue weighted by molar-refractivity contribution is -0.126. The Morgan fingerprint density at radius 1 is 1.26 bits per heavy atom. The summed E-state index contributed by atoms with van der Waals surface area (Å²) in [6.07, 6.45) is 1.43. The summed E-state index contributed by atoms with van der Waals surface area (Å²) in [7, 11) is 1.49. The maximum atomic E-state index is 13.3. The molecule has 3 saturated heterocycles. The normalized spacial score (nSPS) is 31.4. The van der Waals surface area contributed by atoms with Gasteiger partial charge in [0, 0.05) is 0 Å². The summed E-state index contributed by atoms with van der Waals surface area (Å²) >= 11 is 0. The van der Waals surface area contributed by atoms with Crippen LogP contribution in [0.1, 0.15) is 19.8 Å². The second-order valence-electron chi connectivity index (χ2n) is 7.63. The van der Waals surface area contributed by atoms with Gasteiger partial charge in [-0.2, -0.15) is 0 Å². The number of nitrogens with zero attached hydrogens (tertiary/aromatic N) is 2. The number of anilines is 1. The number of methoxy groups -OCH3 is 1. The first kappa shape index (κ1) is 16.3. The van der Waals surface area contributed by atoms with E-state index in [2.05, 4.69) is 4.85 Å². The van der Waals surface area contributed by atoms with Gasteiger partial charge in [0.25, 0.3) is 0 Å². The van der Waals surface area contributed by atoms with E-state index in [1.54, 1.807) is 6.07 Å². The highest BCUT2D eigenvalue weighted by atomic mass is 16.5. The predicted molar refractivity (Wildman–Crippen MR) is 98.7 cm³/mol. The van der Waals surface area contributed by atoms with Crippen molar-refractivity contribution < 1.29 is 19.1 Å². The minimum absolute atomic E-state index is 0.183. The number of amides is 2. The van der Waals surface area contributed by atoms with Crippen LogP contribution in [0.5, 0.6) is 5.75 Å². The predicted octanol–water partition coefficient (Wildman–Crippen LogP) is 3.46. The third-order valence-corrected chi connectivity index (χ3v) is 6.29. The van der Waals surface area contributed by atoms with Crippen molar-refractivity contribution in [1.82, 2.24) is 0 Å². The number of carbonyl (C=O) groups excluding carboxylic acids is 2. The summed E-state index contributed by atoms with van der Waals surface area (Å²) in [5, 5.41) is 1.37. The third kappa shape index (κ3) is 1.92. The molecule has 27 heavy (non-hydrogen) atoms. The van der Waals surface area contributed by atoms with Crippen LogP contribution < -0.4 is 9.64 Å². The van der Waals surface area contributed by atoms with E-state index in [0.717, 1.165) is 12.8 Å². The van der Waals surface area contributed by atoms with Crippen LogP contribution >= 0.6 is 0 Å². The van der Waals surface area contributed by atoms with Crippen molar-refractivity contribution in [3.8, 4) is 5.75 Å². The fourth-order valence-corrected chi connectivity index (χ4v) is 5.09. The van der Waals surface area contributed by atoms with Crippen LogP contribution in [0.4, 0.5) is 11.4 Å². The molecule has 3 aliphatic rings. The van der Waals surface area contributed by atoms with E-state index >= 15 is 0 Å². The van der Waals surface area contributed by atoms with E-state index in [4.69, 9.17) is 16.0 Å². The number of benzene rings is 2. The molecule has 6 heteroatoms. The van der Waals surface area contributed by atoms with E-state index in [-0.39, 0.29) is 17.9 Å². The van der Waals surface area contributed by atoms with Crippen molar-refractivity contribution in [2.45, 2.75) is 31.5 Å². The maximum Gasteiger partial charge on any atom is 0.240 e. The monoisotopic (exact) mass is 362 g/mol. The molecule has 3 unspecified atom stereocenters. The van der Waals surface area contributed by atoms with Gasteiger partial charge >= 0.3 is 0 Å². The lowest BCUT2D eigenvalue weighted by atomic mass is 9.74. The second-order valence-corrected chi connectivity index (χ2v) is 7.63. The molecule has 3 heterocycles. The van der Waals surface area contributed by atoms with Crippen LogP contribution in [-0.2, 0) is 14.3 Å². The first-order valence-corrected chi connectivity index (χ1v) is 9.03. The van der Waals surface area contributed by atoms with Gasteiger partial charge in [0.05, 0.1) is 42.9 Å². The van der Waals surface area contributed by atoms with Crippen molar-refractivity contribution in [2.75, 3.05) is 12.0 Å². The second kappa shape index (κ2) is 5.30. The van der Waals surface area contributed by atoms with Crippen molar-refractivity contribution in [3.63, 3.8) is 0 Å². The van der Waals surface area contributed by atoms with Crippen LogP contribution in [0.25, 0.3) is 15.6 Å². The van der Waals surface area contributed by atoms with E-state index in [1.807, 2.05) is 31.2 Å². The minimum atomic E-state index is -0.562. The highest BCUT2D eigenvalue weighted by Crippen LogP contribution is 2.56. The molecule has 4 atom stereocenters. The van der Waals surface area contributed by atoms with Crippen LogP contribution in [0.3, 0.4) is 0 Å². The number of hydrogen-bond donors (Lipinski definition) is 0. The van der Waals surface area contributed by atoms with Gasteiger partial charge in [-0.3, -0.25) is 9.59 Å². The smallest absolute Gasteiger partial charge is 0.240 e. The Kier molecular flexibility index (Phi) is 3.20. The molecule has 3 aliphatic heterocycles. The maximum absolute atomic E-state index is 13.3. The molecule has 0 aliphatic carbocycles. The highest BCUT2D eigenvalue weighted by Gasteiger charge is 2.67.